The molecule has 0 saturated carbocycles. The average molecular weight is 367 g/mol. The molecule has 26 heavy (non-hydrogen) atoms. The smallest absolute Gasteiger partial charge is 0.00976 e. The van der Waals surface area contributed by atoms with Gasteiger partial charge < -0.3 is 0 Å². The van der Waals surface area contributed by atoms with E-state index in [1.165, 1.54) is 32.9 Å². The molecular formula is C25H35P. The van der Waals surface area contributed by atoms with Crippen LogP contribution in [-0.4, -0.2) is 6.66 Å². The van der Waals surface area contributed by atoms with E-state index in [0.29, 0.717) is 0 Å². The van der Waals surface area contributed by atoms with Gasteiger partial charge in [-0.25, -0.2) is 0 Å². The molecule has 0 aliphatic carbocycles. The van der Waals surface area contributed by atoms with E-state index >= 15 is 0 Å². The van der Waals surface area contributed by atoms with Gasteiger partial charge in [-0.15, -0.1) is 0 Å². The lowest BCUT2D eigenvalue weighted by molar-refractivity contribution is 1.21. The molecule has 0 fully saturated rings. The second kappa shape index (κ2) is 11.9. The Bertz CT molecular complexity index is 737. The van der Waals surface area contributed by atoms with Crippen LogP contribution in [0.3, 0.4) is 0 Å². The van der Waals surface area contributed by atoms with Crippen LogP contribution in [0, 0.1) is 0 Å². The van der Waals surface area contributed by atoms with Gasteiger partial charge in [0.1, 0.15) is 0 Å². The highest BCUT2D eigenvalue weighted by molar-refractivity contribution is 7.69. The van der Waals surface area contributed by atoms with E-state index in [1.807, 2.05) is 27.7 Å². The number of hydrogen-bond acceptors (Lipinski definition) is 0. The van der Waals surface area contributed by atoms with Gasteiger partial charge in [0.15, 0.2) is 0 Å². The maximum Gasteiger partial charge on any atom is -0.00976 e. The Labute approximate surface area is 162 Å². The van der Waals surface area contributed by atoms with Crippen LogP contribution >= 0.6 is 7.92 Å². The van der Waals surface area contributed by atoms with Gasteiger partial charge in [0.25, 0.3) is 0 Å². The molecule has 140 valence electrons. The lowest BCUT2D eigenvalue weighted by atomic mass is 9.93. The largest absolute Gasteiger partial charge is 0.0842 e. The summed E-state index contributed by atoms with van der Waals surface area (Å²) >= 11 is 0. The monoisotopic (exact) mass is 366 g/mol. The number of hydrogen-bond donors (Lipinski definition) is 0. The summed E-state index contributed by atoms with van der Waals surface area (Å²) in [5, 5.41) is 3.04. The Morgan fingerprint density at radius 2 is 1.31 bits per heavy atom. The molecule has 3 rings (SSSR count). The normalized spacial score (nSPS) is 15.1. The van der Waals surface area contributed by atoms with Crippen LogP contribution in [0.2, 0.25) is 0 Å². The van der Waals surface area contributed by atoms with Crippen molar-refractivity contribution in [2.75, 3.05) is 6.66 Å². The van der Waals surface area contributed by atoms with Gasteiger partial charge in [0.05, 0.1) is 0 Å². The van der Waals surface area contributed by atoms with Crippen LogP contribution in [0.25, 0.3) is 16.7 Å². The second-order valence-electron chi connectivity index (χ2n) is 5.65. The van der Waals surface area contributed by atoms with Crippen molar-refractivity contribution in [3.05, 3.63) is 71.6 Å². The Hall–Kier alpha value is -1.65. The van der Waals surface area contributed by atoms with Crippen molar-refractivity contribution in [1.29, 1.82) is 0 Å². The third-order valence-corrected chi connectivity index (χ3v) is 6.60. The highest BCUT2D eigenvalue weighted by atomic mass is 31.1. The molecule has 0 spiro atoms. The molecule has 1 aliphatic rings. The maximum atomic E-state index is 2.41. The maximum absolute atomic E-state index is 2.41. The zero-order valence-corrected chi connectivity index (χ0v) is 18.5. The summed E-state index contributed by atoms with van der Waals surface area (Å²) < 4.78 is 0. The van der Waals surface area contributed by atoms with Crippen molar-refractivity contribution in [3.8, 4) is 11.1 Å². The lowest BCUT2D eigenvalue weighted by Crippen LogP contribution is -2.03. The predicted molar refractivity (Wildman–Crippen MR) is 124 cm³/mol. The van der Waals surface area contributed by atoms with E-state index in [9.17, 15) is 0 Å². The molecule has 2 aromatic carbocycles. The van der Waals surface area contributed by atoms with Crippen LogP contribution in [-0.2, 0) is 0 Å². The van der Waals surface area contributed by atoms with E-state index < -0.39 is 0 Å². The van der Waals surface area contributed by atoms with Gasteiger partial charge in [0, 0.05) is 0 Å². The average Bonchev–Trinajstić information content (AvgIpc) is 2.83. The van der Waals surface area contributed by atoms with E-state index in [0.717, 1.165) is 12.8 Å². The van der Waals surface area contributed by atoms with Crippen molar-refractivity contribution < 1.29 is 0 Å². The van der Waals surface area contributed by atoms with Crippen molar-refractivity contribution in [1.82, 2.24) is 0 Å². The minimum Gasteiger partial charge on any atom is -0.0842 e. The molecule has 0 nitrogen and oxygen atoms in total. The topological polar surface area (TPSA) is 0 Å². The summed E-state index contributed by atoms with van der Waals surface area (Å²) in [4.78, 5) is 0. The molecule has 1 heterocycles. The highest BCUT2D eigenvalue weighted by Gasteiger charge is 2.23. The third kappa shape index (κ3) is 4.74. The summed E-state index contributed by atoms with van der Waals surface area (Å²) in [6, 6.07) is 17.8. The van der Waals surface area contributed by atoms with Gasteiger partial charge in [-0.05, 0) is 60.3 Å². The summed E-state index contributed by atoms with van der Waals surface area (Å²) in [6.45, 7) is 14.9. The molecule has 2 aromatic rings. The number of fused-ring (bicyclic) bond motifs is 3. The lowest BCUT2D eigenvalue weighted by Gasteiger charge is -2.17. The number of benzene rings is 2. The predicted octanol–water partition coefficient (Wildman–Crippen LogP) is 8.24. The van der Waals surface area contributed by atoms with E-state index in [4.69, 9.17) is 0 Å². The Morgan fingerprint density at radius 1 is 0.769 bits per heavy atom. The standard InChI is InChI=1S/C21H23P.2C2H6/c1-4-6-14-20-16(5-2)17-11-7-8-12-18(17)19-13-9-10-15-21(19)22(20)3;2*1-2/h6-15H,4-5H2,1-3H3;2*1-2H3. The van der Waals surface area contributed by atoms with Crippen LogP contribution < -0.4 is 5.30 Å². The van der Waals surface area contributed by atoms with Crippen LogP contribution in [0.15, 0.2) is 66.0 Å². The van der Waals surface area contributed by atoms with Crippen molar-refractivity contribution >= 4 is 18.8 Å². The Balaban J connectivity index is 0.000000791. The van der Waals surface area contributed by atoms with E-state index in [-0.39, 0.29) is 7.92 Å². The molecule has 0 saturated heterocycles. The zero-order chi connectivity index (χ0) is 19.5. The SMILES string of the molecule is CC.CC.CCC=CC1=C(CC)c2ccccc2-c2ccccc2P1C. The first-order valence-electron chi connectivity index (χ1n) is 10.1. The fourth-order valence-corrected chi connectivity index (χ4v) is 5.40. The van der Waals surface area contributed by atoms with Crippen LogP contribution in [0.5, 0.6) is 0 Å². The summed E-state index contributed by atoms with van der Waals surface area (Å²) in [6.07, 6.45) is 6.86. The Kier molecular flexibility index (Phi) is 10.2. The third-order valence-electron chi connectivity index (χ3n) is 4.34. The number of rotatable bonds is 3. The number of allylic oxidation sites excluding steroid dienone is 4. The van der Waals surface area contributed by atoms with Gasteiger partial charge in [0.2, 0.25) is 0 Å². The molecule has 1 atom stereocenters. The minimum absolute atomic E-state index is 0.308. The van der Waals surface area contributed by atoms with Crippen LogP contribution in [0.4, 0.5) is 0 Å². The van der Waals surface area contributed by atoms with Gasteiger partial charge in [-0.3, -0.25) is 0 Å². The van der Waals surface area contributed by atoms with E-state index in [1.54, 1.807) is 0 Å². The first kappa shape index (κ1) is 22.4. The van der Waals surface area contributed by atoms with Crippen LogP contribution in [0.1, 0.15) is 59.9 Å². The van der Waals surface area contributed by atoms with Crippen molar-refractivity contribution in [3.63, 3.8) is 0 Å². The molecular weight excluding hydrogens is 331 g/mol. The zero-order valence-electron chi connectivity index (χ0n) is 17.6. The van der Waals surface area contributed by atoms with E-state index in [2.05, 4.69) is 81.2 Å². The fourth-order valence-electron chi connectivity index (χ4n) is 3.26. The van der Waals surface area contributed by atoms with Gasteiger partial charge in [-0.2, -0.15) is 0 Å². The van der Waals surface area contributed by atoms with Crippen molar-refractivity contribution in [2.24, 2.45) is 0 Å². The Morgan fingerprint density at radius 3 is 1.88 bits per heavy atom. The quantitative estimate of drug-likeness (QED) is 0.480. The second-order valence-corrected chi connectivity index (χ2v) is 7.73. The minimum atomic E-state index is -0.308. The summed E-state index contributed by atoms with van der Waals surface area (Å²) in [7, 11) is -0.308. The fraction of sp³-hybridized carbons (Fsp3) is 0.360. The molecule has 1 aliphatic heterocycles. The molecule has 1 unspecified atom stereocenters. The molecule has 0 amide bonds. The van der Waals surface area contributed by atoms with Gasteiger partial charge in [-0.1, -0.05) is 102 Å². The molecule has 0 bridgehead atoms. The molecule has 0 radical (unpaired) electrons. The summed E-state index contributed by atoms with van der Waals surface area (Å²) in [5.41, 5.74) is 5.74. The van der Waals surface area contributed by atoms with Crippen molar-refractivity contribution in [2.45, 2.75) is 54.4 Å². The van der Waals surface area contributed by atoms with Gasteiger partial charge >= 0.3 is 0 Å². The highest BCUT2D eigenvalue weighted by Crippen LogP contribution is 2.51. The molecule has 1 heteroatoms. The molecule has 0 N–H and O–H groups in total. The molecule has 0 aromatic heterocycles. The summed E-state index contributed by atoms with van der Waals surface area (Å²) in [5.74, 6) is 0. The first-order valence-corrected chi connectivity index (χ1v) is 11.9. The first-order chi connectivity index (χ1) is 12.8.